The van der Waals surface area contributed by atoms with Gasteiger partial charge in [-0.25, -0.2) is 0 Å². The third-order valence-electron chi connectivity index (χ3n) is 2.71. The molecule has 0 atom stereocenters. The summed E-state index contributed by atoms with van der Waals surface area (Å²) in [7, 11) is 0. The minimum atomic E-state index is -0.000990. The van der Waals surface area contributed by atoms with E-state index >= 15 is 0 Å². The maximum atomic E-state index is 12.1. The molecule has 2 aromatic rings. The van der Waals surface area contributed by atoms with E-state index in [1.807, 2.05) is 31.2 Å². The Bertz CT molecular complexity index is 510. The molecule has 2 nitrogen and oxygen atoms in total. The lowest BCUT2D eigenvalue weighted by Gasteiger charge is -2.03. The summed E-state index contributed by atoms with van der Waals surface area (Å²) in [6, 6.07) is 14.5. The first-order chi connectivity index (χ1) is 8.20. The molecule has 0 bridgehead atoms. The van der Waals surface area contributed by atoms with Gasteiger partial charge in [0.2, 0.25) is 0 Å². The number of carbonyl (C=O) groups excluding carboxylic acids is 1. The van der Waals surface area contributed by atoms with Gasteiger partial charge in [-0.15, -0.1) is 0 Å². The van der Waals surface area contributed by atoms with Crippen LogP contribution in [0.4, 0.5) is 0 Å². The van der Waals surface area contributed by atoms with Crippen molar-refractivity contribution in [1.29, 1.82) is 0 Å². The average Bonchev–Trinajstić information content (AvgIpc) is 2.39. The van der Waals surface area contributed by atoms with Crippen LogP contribution >= 0.6 is 0 Å². The molecule has 0 aromatic heterocycles. The van der Waals surface area contributed by atoms with Gasteiger partial charge in [0.25, 0.3) is 0 Å². The number of ketones is 1. The van der Waals surface area contributed by atoms with Gasteiger partial charge < -0.3 is 5.11 Å². The Hall–Kier alpha value is -1.93. The first kappa shape index (κ1) is 11.6. The summed E-state index contributed by atoms with van der Waals surface area (Å²) in [5.41, 5.74) is 3.28. The SMILES string of the molecule is Cc1ccc(C(=O)c2ccc(CO)cc2)cc1. The van der Waals surface area contributed by atoms with Crippen LogP contribution in [0.1, 0.15) is 27.0 Å². The number of aryl methyl sites for hydroxylation is 1. The van der Waals surface area contributed by atoms with Gasteiger partial charge in [0.05, 0.1) is 6.61 Å². The highest BCUT2D eigenvalue weighted by Gasteiger charge is 2.08. The average molecular weight is 226 g/mol. The van der Waals surface area contributed by atoms with Gasteiger partial charge >= 0.3 is 0 Å². The largest absolute Gasteiger partial charge is 0.392 e. The molecule has 17 heavy (non-hydrogen) atoms. The topological polar surface area (TPSA) is 37.3 Å². The van der Waals surface area contributed by atoms with E-state index in [-0.39, 0.29) is 12.4 Å². The fourth-order valence-electron chi connectivity index (χ4n) is 1.63. The number of carbonyl (C=O) groups is 1. The second-order valence-electron chi connectivity index (χ2n) is 4.05. The standard InChI is InChI=1S/C15H14O2/c1-11-2-6-13(7-3-11)15(17)14-8-4-12(10-16)5-9-14/h2-9,16H,10H2,1H3. The third-order valence-corrected chi connectivity index (χ3v) is 2.71. The molecule has 0 aliphatic rings. The van der Waals surface area contributed by atoms with E-state index in [2.05, 4.69) is 0 Å². The second-order valence-corrected chi connectivity index (χ2v) is 4.05. The molecule has 1 N–H and O–H groups in total. The summed E-state index contributed by atoms with van der Waals surface area (Å²) < 4.78 is 0. The Balaban J connectivity index is 2.27. The first-order valence-electron chi connectivity index (χ1n) is 5.52. The number of aliphatic hydroxyl groups is 1. The number of benzene rings is 2. The highest BCUT2D eigenvalue weighted by atomic mass is 16.3. The number of rotatable bonds is 3. The minimum absolute atomic E-state index is 0.000990. The molecule has 0 heterocycles. The third kappa shape index (κ3) is 2.60. The molecule has 2 aromatic carbocycles. The fourth-order valence-corrected chi connectivity index (χ4v) is 1.63. The van der Waals surface area contributed by atoms with Crippen LogP contribution in [0.15, 0.2) is 48.5 Å². The van der Waals surface area contributed by atoms with Gasteiger partial charge in [-0.2, -0.15) is 0 Å². The molecule has 0 spiro atoms. The van der Waals surface area contributed by atoms with Crippen molar-refractivity contribution in [2.24, 2.45) is 0 Å². The molecule has 0 saturated heterocycles. The number of aliphatic hydroxyl groups excluding tert-OH is 1. The van der Waals surface area contributed by atoms with Gasteiger partial charge in [0.15, 0.2) is 5.78 Å². The van der Waals surface area contributed by atoms with Crippen molar-refractivity contribution in [3.8, 4) is 0 Å². The summed E-state index contributed by atoms with van der Waals surface area (Å²) in [5, 5.41) is 8.93. The van der Waals surface area contributed by atoms with E-state index in [0.717, 1.165) is 11.1 Å². The van der Waals surface area contributed by atoms with Gasteiger partial charge in [-0.3, -0.25) is 4.79 Å². The summed E-state index contributed by atoms with van der Waals surface area (Å²) >= 11 is 0. The summed E-state index contributed by atoms with van der Waals surface area (Å²) in [6.45, 7) is 1.99. The zero-order valence-corrected chi connectivity index (χ0v) is 9.68. The normalized spacial score (nSPS) is 10.2. The van der Waals surface area contributed by atoms with E-state index in [0.29, 0.717) is 11.1 Å². The molecule has 0 amide bonds. The first-order valence-corrected chi connectivity index (χ1v) is 5.52. The number of hydrogen-bond acceptors (Lipinski definition) is 2. The highest BCUT2D eigenvalue weighted by Crippen LogP contribution is 2.12. The lowest BCUT2D eigenvalue weighted by atomic mass is 10.0. The van der Waals surface area contributed by atoms with Crippen molar-refractivity contribution in [2.75, 3.05) is 0 Å². The van der Waals surface area contributed by atoms with Crippen LogP contribution in [-0.4, -0.2) is 10.9 Å². The van der Waals surface area contributed by atoms with Crippen molar-refractivity contribution in [2.45, 2.75) is 13.5 Å². The van der Waals surface area contributed by atoms with Crippen molar-refractivity contribution in [1.82, 2.24) is 0 Å². The van der Waals surface area contributed by atoms with Gasteiger partial charge in [-0.1, -0.05) is 54.1 Å². The van der Waals surface area contributed by atoms with Gasteiger partial charge in [-0.05, 0) is 12.5 Å². The Morgan fingerprint density at radius 2 is 1.41 bits per heavy atom. The van der Waals surface area contributed by atoms with Crippen LogP contribution in [0, 0.1) is 6.92 Å². The molecule has 0 fully saturated rings. The van der Waals surface area contributed by atoms with Crippen LogP contribution in [0.25, 0.3) is 0 Å². The minimum Gasteiger partial charge on any atom is -0.392 e. The quantitative estimate of drug-likeness (QED) is 0.817. The predicted octanol–water partition coefficient (Wildman–Crippen LogP) is 2.72. The fraction of sp³-hybridized carbons (Fsp3) is 0.133. The summed E-state index contributed by atoms with van der Waals surface area (Å²) in [5.74, 6) is 0.00879. The molecule has 86 valence electrons. The van der Waals surface area contributed by atoms with E-state index in [4.69, 9.17) is 5.11 Å². The molecule has 2 heteroatoms. The zero-order valence-electron chi connectivity index (χ0n) is 9.68. The Morgan fingerprint density at radius 3 is 1.88 bits per heavy atom. The molecular formula is C15H14O2. The maximum Gasteiger partial charge on any atom is 0.193 e. The lowest BCUT2D eigenvalue weighted by Crippen LogP contribution is -2.01. The Labute approximate surface area is 101 Å². The molecule has 0 saturated carbocycles. The van der Waals surface area contributed by atoms with E-state index in [1.165, 1.54) is 0 Å². The van der Waals surface area contributed by atoms with Crippen molar-refractivity contribution >= 4 is 5.78 Å². The van der Waals surface area contributed by atoms with E-state index < -0.39 is 0 Å². The van der Waals surface area contributed by atoms with E-state index in [9.17, 15) is 4.79 Å². The van der Waals surface area contributed by atoms with Crippen LogP contribution in [-0.2, 0) is 6.61 Å². The Kier molecular flexibility index (Phi) is 3.35. The molecule has 2 rings (SSSR count). The van der Waals surface area contributed by atoms with Crippen LogP contribution in [0.2, 0.25) is 0 Å². The monoisotopic (exact) mass is 226 g/mol. The predicted molar refractivity (Wildman–Crippen MR) is 67.0 cm³/mol. The lowest BCUT2D eigenvalue weighted by molar-refractivity contribution is 0.103. The number of hydrogen-bond donors (Lipinski definition) is 1. The zero-order chi connectivity index (χ0) is 12.3. The van der Waals surface area contributed by atoms with Crippen molar-refractivity contribution in [3.63, 3.8) is 0 Å². The molecule has 0 unspecified atom stereocenters. The van der Waals surface area contributed by atoms with Gasteiger partial charge in [0, 0.05) is 11.1 Å². The summed E-state index contributed by atoms with van der Waals surface area (Å²) in [4.78, 5) is 12.1. The van der Waals surface area contributed by atoms with Crippen molar-refractivity contribution < 1.29 is 9.90 Å². The molecule has 0 aliphatic heterocycles. The summed E-state index contributed by atoms with van der Waals surface area (Å²) in [6.07, 6.45) is 0. The highest BCUT2D eigenvalue weighted by molar-refractivity contribution is 6.08. The maximum absolute atomic E-state index is 12.1. The second kappa shape index (κ2) is 4.93. The Morgan fingerprint density at radius 1 is 0.941 bits per heavy atom. The molecular weight excluding hydrogens is 212 g/mol. The molecule has 0 aliphatic carbocycles. The van der Waals surface area contributed by atoms with Crippen molar-refractivity contribution in [3.05, 3.63) is 70.8 Å². The van der Waals surface area contributed by atoms with Crippen LogP contribution in [0.3, 0.4) is 0 Å². The van der Waals surface area contributed by atoms with E-state index in [1.54, 1.807) is 24.3 Å². The van der Waals surface area contributed by atoms with Gasteiger partial charge in [0.1, 0.15) is 0 Å². The smallest absolute Gasteiger partial charge is 0.193 e. The van der Waals surface area contributed by atoms with Crippen LogP contribution < -0.4 is 0 Å². The molecule has 0 radical (unpaired) electrons. The van der Waals surface area contributed by atoms with Crippen LogP contribution in [0.5, 0.6) is 0 Å².